The Balaban J connectivity index is 1.75. The smallest absolute Gasteiger partial charge is 0.141 e. The summed E-state index contributed by atoms with van der Waals surface area (Å²) in [5.41, 5.74) is 12.7. The Hall–Kier alpha value is -3.41. The molecular weight excluding hydrogens is 348 g/mol. The number of nitrogens with two attached hydrogens (primary N) is 1. The Kier molecular flexibility index (Phi) is 4.69. The summed E-state index contributed by atoms with van der Waals surface area (Å²) in [5, 5.41) is 3.32. The number of rotatable bonds is 6. The van der Waals surface area contributed by atoms with Gasteiger partial charge >= 0.3 is 0 Å². The summed E-state index contributed by atoms with van der Waals surface area (Å²) in [6.07, 6.45) is 1.92. The molecule has 0 unspecified atom stereocenters. The first-order chi connectivity index (χ1) is 13.6. The van der Waals surface area contributed by atoms with Crippen molar-refractivity contribution in [2.75, 3.05) is 18.8 Å². The van der Waals surface area contributed by atoms with E-state index in [0.717, 1.165) is 71.7 Å². The van der Waals surface area contributed by atoms with Gasteiger partial charge in [-0.25, -0.2) is 4.98 Å². The van der Waals surface area contributed by atoms with Crippen molar-refractivity contribution in [3.8, 4) is 11.4 Å². The molecule has 6 nitrogen and oxygen atoms in total. The van der Waals surface area contributed by atoms with Crippen LogP contribution in [0.2, 0.25) is 0 Å². The molecule has 0 bridgehead atoms. The fourth-order valence-electron chi connectivity index (χ4n) is 3.72. The van der Waals surface area contributed by atoms with Crippen molar-refractivity contribution in [1.29, 1.82) is 0 Å². The van der Waals surface area contributed by atoms with Gasteiger partial charge in [-0.05, 0) is 31.2 Å². The first-order valence-corrected chi connectivity index (χ1v) is 9.54. The maximum Gasteiger partial charge on any atom is 0.141 e. The van der Waals surface area contributed by atoms with E-state index in [4.69, 9.17) is 10.7 Å². The molecule has 0 aliphatic carbocycles. The lowest BCUT2D eigenvalue weighted by Gasteiger charge is -2.32. The number of imidazole rings is 1. The molecule has 6 heteroatoms. The van der Waals surface area contributed by atoms with Crippen LogP contribution in [0.25, 0.3) is 22.8 Å². The SMILES string of the molecule is C=C(NCC)c1nc(-c2cccc(N)c2)n2c1CN(C(=C)c1ccc[nH]1)CC2. The van der Waals surface area contributed by atoms with Crippen molar-refractivity contribution in [1.82, 2.24) is 24.8 Å². The summed E-state index contributed by atoms with van der Waals surface area (Å²) in [5.74, 6) is 0.932. The Morgan fingerprint density at radius 1 is 1.25 bits per heavy atom. The van der Waals surface area contributed by atoms with Gasteiger partial charge in [0.15, 0.2) is 0 Å². The Morgan fingerprint density at radius 3 is 2.82 bits per heavy atom. The molecule has 3 aromatic rings. The molecule has 3 heterocycles. The van der Waals surface area contributed by atoms with Gasteiger partial charge in [0.2, 0.25) is 0 Å². The Labute approximate surface area is 165 Å². The number of aromatic amines is 1. The van der Waals surface area contributed by atoms with Crippen LogP contribution in [-0.4, -0.2) is 32.5 Å². The predicted octanol–water partition coefficient (Wildman–Crippen LogP) is 3.53. The van der Waals surface area contributed by atoms with Crippen molar-refractivity contribution < 1.29 is 0 Å². The number of nitrogen functional groups attached to an aromatic ring is 1. The monoisotopic (exact) mass is 374 g/mol. The molecule has 4 N–H and O–H groups in total. The van der Waals surface area contributed by atoms with Crippen LogP contribution < -0.4 is 11.1 Å². The van der Waals surface area contributed by atoms with Gasteiger partial charge in [-0.2, -0.15) is 0 Å². The number of nitrogens with one attached hydrogen (secondary N) is 2. The van der Waals surface area contributed by atoms with E-state index < -0.39 is 0 Å². The van der Waals surface area contributed by atoms with E-state index >= 15 is 0 Å². The lowest BCUT2D eigenvalue weighted by atomic mass is 10.1. The molecule has 0 saturated carbocycles. The summed E-state index contributed by atoms with van der Waals surface area (Å²) < 4.78 is 2.28. The molecule has 0 fully saturated rings. The van der Waals surface area contributed by atoms with Gasteiger partial charge < -0.3 is 25.5 Å². The van der Waals surface area contributed by atoms with Gasteiger partial charge in [-0.1, -0.05) is 25.3 Å². The number of hydrogen-bond donors (Lipinski definition) is 3. The lowest BCUT2D eigenvalue weighted by Crippen LogP contribution is -2.33. The quantitative estimate of drug-likeness (QED) is 0.577. The van der Waals surface area contributed by atoms with E-state index in [9.17, 15) is 0 Å². The number of H-pyrrole nitrogens is 1. The molecular formula is C22H26N6. The van der Waals surface area contributed by atoms with Crippen molar-refractivity contribution in [3.05, 3.63) is 72.8 Å². The third-order valence-corrected chi connectivity index (χ3v) is 5.12. The molecule has 0 atom stereocenters. The largest absolute Gasteiger partial charge is 0.399 e. The van der Waals surface area contributed by atoms with Crippen LogP contribution in [0.15, 0.2) is 55.8 Å². The van der Waals surface area contributed by atoms with Gasteiger partial charge in [0, 0.05) is 37.1 Å². The molecule has 28 heavy (non-hydrogen) atoms. The second-order valence-electron chi connectivity index (χ2n) is 6.97. The van der Waals surface area contributed by atoms with E-state index in [1.165, 1.54) is 0 Å². The first kappa shape index (κ1) is 18.0. The minimum Gasteiger partial charge on any atom is -0.399 e. The van der Waals surface area contributed by atoms with Crippen molar-refractivity contribution in [3.63, 3.8) is 0 Å². The second kappa shape index (κ2) is 7.31. The zero-order valence-corrected chi connectivity index (χ0v) is 16.2. The number of benzene rings is 1. The molecule has 0 amide bonds. The third-order valence-electron chi connectivity index (χ3n) is 5.12. The lowest BCUT2D eigenvalue weighted by molar-refractivity contribution is 0.320. The number of aromatic nitrogens is 3. The molecule has 1 aliphatic rings. The van der Waals surface area contributed by atoms with Gasteiger partial charge in [0.1, 0.15) is 11.5 Å². The first-order valence-electron chi connectivity index (χ1n) is 9.54. The number of anilines is 1. The predicted molar refractivity (Wildman–Crippen MR) is 115 cm³/mol. The average molecular weight is 374 g/mol. The van der Waals surface area contributed by atoms with E-state index in [1.54, 1.807) is 0 Å². The fraction of sp³-hybridized carbons (Fsp3) is 0.227. The van der Waals surface area contributed by atoms with Gasteiger partial charge in [0.05, 0.1) is 29.3 Å². The highest BCUT2D eigenvalue weighted by Crippen LogP contribution is 2.32. The topological polar surface area (TPSA) is 74.9 Å². The van der Waals surface area contributed by atoms with Gasteiger partial charge in [0.25, 0.3) is 0 Å². The fourth-order valence-corrected chi connectivity index (χ4v) is 3.72. The van der Waals surface area contributed by atoms with Crippen molar-refractivity contribution >= 4 is 17.1 Å². The van der Waals surface area contributed by atoms with Gasteiger partial charge in [-0.3, -0.25) is 0 Å². The molecule has 0 spiro atoms. The zero-order valence-electron chi connectivity index (χ0n) is 16.2. The summed E-state index contributed by atoms with van der Waals surface area (Å²) in [7, 11) is 0. The Morgan fingerprint density at radius 2 is 2.11 bits per heavy atom. The summed E-state index contributed by atoms with van der Waals surface area (Å²) in [6.45, 7) is 13.8. The zero-order chi connectivity index (χ0) is 19.7. The normalized spacial score (nSPS) is 13.2. The van der Waals surface area contributed by atoms with Crippen LogP contribution in [0.3, 0.4) is 0 Å². The molecule has 4 rings (SSSR count). The van der Waals surface area contributed by atoms with Crippen LogP contribution in [0, 0.1) is 0 Å². The molecule has 1 aliphatic heterocycles. The van der Waals surface area contributed by atoms with Gasteiger partial charge in [-0.15, -0.1) is 0 Å². The summed E-state index contributed by atoms with van der Waals surface area (Å²) in [4.78, 5) is 10.5. The summed E-state index contributed by atoms with van der Waals surface area (Å²) >= 11 is 0. The van der Waals surface area contributed by atoms with E-state index in [0.29, 0.717) is 0 Å². The minimum absolute atomic E-state index is 0.729. The maximum atomic E-state index is 6.01. The average Bonchev–Trinajstić information content (AvgIpc) is 3.35. The van der Waals surface area contributed by atoms with Crippen LogP contribution in [0.4, 0.5) is 5.69 Å². The molecule has 1 aromatic carbocycles. The van der Waals surface area contributed by atoms with Crippen molar-refractivity contribution in [2.45, 2.75) is 20.0 Å². The highest BCUT2D eigenvalue weighted by molar-refractivity contribution is 5.69. The maximum absolute atomic E-state index is 6.01. The van der Waals surface area contributed by atoms with E-state index in [-0.39, 0.29) is 0 Å². The number of fused-ring (bicyclic) bond motifs is 1. The van der Waals surface area contributed by atoms with Crippen LogP contribution >= 0.6 is 0 Å². The molecule has 144 valence electrons. The standard InChI is InChI=1S/C22H26N6/c1-4-24-15(2)21-20-14-27(16(3)19-9-6-10-25-19)11-12-28(20)22(26-21)17-7-5-8-18(23)13-17/h5-10,13,24-25H,2-4,11-12,14,23H2,1H3. The number of hydrogen-bond acceptors (Lipinski definition) is 4. The van der Waals surface area contributed by atoms with E-state index in [2.05, 4.69) is 45.9 Å². The van der Waals surface area contributed by atoms with E-state index in [1.807, 2.05) is 36.5 Å². The minimum atomic E-state index is 0.729. The molecule has 0 saturated heterocycles. The third kappa shape index (κ3) is 3.17. The van der Waals surface area contributed by atoms with Crippen LogP contribution in [0.5, 0.6) is 0 Å². The van der Waals surface area contributed by atoms with Crippen LogP contribution in [0.1, 0.15) is 24.0 Å². The van der Waals surface area contributed by atoms with Crippen LogP contribution in [-0.2, 0) is 13.1 Å². The second-order valence-corrected chi connectivity index (χ2v) is 6.97. The highest BCUT2D eigenvalue weighted by Gasteiger charge is 2.27. The number of nitrogens with zero attached hydrogens (tertiary/aromatic N) is 3. The molecule has 0 radical (unpaired) electrons. The molecule has 2 aromatic heterocycles. The highest BCUT2D eigenvalue weighted by atomic mass is 15.2. The van der Waals surface area contributed by atoms with Crippen molar-refractivity contribution in [2.24, 2.45) is 0 Å². The summed E-state index contributed by atoms with van der Waals surface area (Å²) in [6, 6.07) is 11.9. The Bertz CT molecular complexity index is 1010.